The number of hydrogen-bond donors (Lipinski definition) is 1. The number of carboxylic acid groups (broad SMARTS) is 1. The van der Waals surface area contributed by atoms with Crippen molar-refractivity contribution in [2.24, 2.45) is 0 Å². The Morgan fingerprint density at radius 1 is 1.12 bits per heavy atom. The lowest BCUT2D eigenvalue weighted by Gasteiger charge is -2.38. The summed E-state index contributed by atoms with van der Waals surface area (Å²) in [6.45, 7) is 0. The van der Waals surface area contributed by atoms with Gasteiger partial charge in [0.2, 0.25) is 0 Å². The average Bonchev–Trinajstić information content (AvgIpc) is 2.11. The fourth-order valence-electron chi connectivity index (χ4n) is 2.02. The zero-order chi connectivity index (χ0) is 11.9. The van der Waals surface area contributed by atoms with E-state index in [9.17, 15) is 18.0 Å². The van der Waals surface area contributed by atoms with Crippen LogP contribution in [0.1, 0.15) is 24.8 Å². The molecule has 0 heterocycles. The lowest BCUT2D eigenvalue weighted by Crippen LogP contribution is -2.43. The van der Waals surface area contributed by atoms with E-state index in [1.54, 1.807) is 0 Å². The van der Waals surface area contributed by atoms with Crippen LogP contribution in [-0.4, -0.2) is 11.1 Å². The van der Waals surface area contributed by atoms with Crippen LogP contribution in [0, 0.1) is 17.5 Å². The first-order valence-corrected chi connectivity index (χ1v) is 4.86. The Labute approximate surface area is 89.7 Å². The van der Waals surface area contributed by atoms with Gasteiger partial charge in [-0.15, -0.1) is 0 Å². The van der Waals surface area contributed by atoms with Crippen molar-refractivity contribution in [1.82, 2.24) is 0 Å². The number of aliphatic carboxylic acids is 1. The van der Waals surface area contributed by atoms with Gasteiger partial charge in [-0.1, -0.05) is 6.42 Å². The van der Waals surface area contributed by atoms with Crippen molar-refractivity contribution in [3.8, 4) is 0 Å². The molecule has 0 aliphatic heterocycles. The molecule has 2 nitrogen and oxygen atoms in total. The minimum atomic E-state index is -1.38. The molecule has 0 unspecified atom stereocenters. The second kappa shape index (κ2) is 3.50. The van der Waals surface area contributed by atoms with Crippen LogP contribution in [0.2, 0.25) is 0 Å². The Bertz CT molecular complexity index is 453. The van der Waals surface area contributed by atoms with Crippen LogP contribution in [0.3, 0.4) is 0 Å². The van der Waals surface area contributed by atoms with Gasteiger partial charge in [0.1, 0.15) is 5.82 Å². The van der Waals surface area contributed by atoms with Gasteiger partial charge in [-0.2, -0.15) is 0 Å². The average molecular weight is 230 g/mol. The highest BCUT2D eigenvalue weighted by atomic mass is 19.2. The third-order valence-corrected chi connectivity index (χ3v) is 3.14. The van der Waals surface area contributed by atoms with Crippen molar-refractivity contribution < 1.29 is 23.1 Å². The van der Waals surface area contributed by atoms with Crippen molar-refractivity contribution in [3.05, 3.63) is 35.1 Å². The van der Waals surface area contributed by atoms with Gasteiger partial charge in [-0.25, -0.2) is 13.2 Å². The van der Waals surface area contributed by atoms with Crippen LogP contribution >= 0.6 is 0 Å². The van der Waals surface area contributed by atoms with Crippen molar-refractivity contribution in [1.29, 1.82) is 0 Å². The number of halogens is 3. The number of benzene rings is 1. The summed E-state index contributed by atoms with van der Waals surface area (Å²) in [4.78, 5) is 11.1. The summed E-state index contributed by atoms with van der Waals surface area (Å²) in [5.74, 6) is -4.71. The van der Waals surface area contributed by atoms with Gasteiger partial charge in [0.25, 0.3) is 0 Å². The summed E-state index contributed by atoms with van der Waals surface area (Å²) in [5, 5.41) is 9.04. The fourth-order valence-corrected chi connectivity index (χ4v) is 2.02. The largest absolute Gasteiger partial charge is 0.481 e. The standard InChI is InChI=1S/C11H9F3O2/c12-7-5-9(14)8(13)4-6(7)11(10(15)16)2-1-3-11/h4-5H,1-3H2,(H,15,16). The lowest BCUT2D eigenvalue weighted by molar-refractivity contribution is -0.147. The van der Waals surface area contributed by atoms with Gasteiger partial charge in [-0.3, -0.25) is 4.79 Å². The highest BCUT2D eigenvalue weighted by molar-refractivity contribution is 5.82. The highest BCUT2D eigenvalue weighted by Crippen LogP contribution is 2.45. The predicted octanol–water partition coefficient (Wildman–Crippen LogP) is 2.61. The SMILES string of the molecule is O=C(O)C1(c2cc(F)c(F)cc2F)CCC1. The first kappa shape index (κ1) is 11.0. The zero-order valence-electron chi connectivity index (χ0n) is 8.27. The fraction of sp³-hybridized carbons (Fsp3) is 0.364. The van der Waals surface area contributed by atoms with Gasteiger partial charge in [0.15, 0.2) is 11.6 Å². The predicted molar refractivity (Wildman–Crippen MR) is 49.5 cm³/mol. The Hall–Kier alpha value is -1.52. The van der Waals surface area contributed by atoms with Gasteiger partial charge < -0.3 is 5.11 Å². The second-order valence-electron chi connectivity index (χ2n) is 3.99. The second-order valence-corrected chi connectivity index (χ2v) is 3.99. The smallest absolute Gasteiger partial charge is 0.314 e. The van der Waals surface area contributed by atoms with Crippen molar-refractivity contribution in [3.63, 3.8) is 0 Å². The minimum absolute atomic E-state index is 0.254. The molecule has 0 saturated heterocycles. The molecule has 0 spiro atoms. The van der Waals surface area contributed by atoms with E-state index in [1.807, 2.05) is 0 Å². The van der Waals surface area contributed by atoms with Crippen molar-refractivity contribution in [2.75, 3.05) is 0 Å². The first-order chi connectivity index (χ1) is 7.47. The van der Waals surface area contributed by atoms with Crippen LogP contribution in [0.25, 0.3) is 0 Å². The molecule has 1 fully saturated rings. The third-order valence-electron chi connectivity index (χ3n) is 3.14. The van der Waals surface area contributed by atoms with E-state index >= 15 is 0 Å². The first-order valence-electron chi connectivity index (χ1n) is 4.86. The summed E-state index contributed by atoms with van der Waals surface area (Å²) >= 11 is 0. The van der Waals surface area contributed by atoms with E-state index in [1.165, 1.54) is 0 Å². The van der Waals surface area contributed by atoms with E-state index in [2.05, 4.69) is 0 Å². The van der Waals surface area contributed by atoms with Crippen molar-refractivity contribution in [2.45, 2.75) is 24.7 Å². The van der Waals surface area contributed by atoms with E-state index in [4.69, 9.17) is 5.11 Å². The van der Waals surface area contributed by atoms with Gasteiger partial charge in [0.05, 0.1) is 5.41 Å². The molecule has 1 aromatic carbocycles. The van der Waals surface area contributed by atoms with Crippen molar-refractivity contribution >= 4 is 5.97 Å². The molecule has 86 valence electrons. The molecule has 0 atom stereocenters. The summed E-state index contributed by atoms with van der Waals surface area (Å²) in [6.07, 6.45) is 1.15. The highest BCUT2D eigenvalue weighted by Gasteiger charge is 2.48. The Morgan fingerprint density at radius 2 is 1.69 bits per heavy atom. The normalized spacial score (nSPS) is 17.9. The van der Waals surface area contributed by atoms with E-state index in [-0.39, 0.29) is 18.4 Å². The van der Waals surface area contributed by atoms with Gasteiger partial charge >= 0.3 is 5.97 Å². The molecular formula is C11H9F3O2. The summed E-state index contributed by atoms with van der Waals surface area (Å²) in [6, 6.07) is 1.05. The summed E-state index contributed by atoms with van der Waals surface area (Å²) < 4.78 is 39.1. The molecule has 5 heteroatoms. The van der Waals surface area contributed by atoms with E-state index in [0.717, 1.165) is 0 Å². The summed E-state index contributed by atoms with van der Waals surface area (Å²) in [7, 11) is 0. The van der Waals surface area contributed by atoms with E-state index in [0.29, 0.717) is 18.6 Å². The Kier molecular flexibility index (Phi) is 2.40. The van der Waals surface area contributed by atoms with Gasteiger partial charge in [0, 0.05) is 11.6 Å². The van der Waals surface area contributed by atoms with Crippen LogP contribution < -0.4 is 0 Å². The van der Waals surface area contributed by atoms with E-state index < -0.39 is 28.8 Å². The number of rotatable bonds is 2. The molecule has 16 heavy (non-hydrogen) atoms. The van der Waals surface area contributed by atoms with Gasteiger partial charge in [-0.05, 0) is 18.9 Å². The number of carboxylic acids is 1. The monoisotopic (exact) mass is 230 g/mol. The third kappa shape index (κ3) is 1.38. The van der Waals surface area contributed by atoms with Crippen LogP contribution in [0.5, 0.6) is 0 Å². The molecule has 0 radical (unpaired) electrons. The maximum absolute atomic E-state index is 13.4. The maximum atomic E-state index is 13.4. The molecule has 0 bridgehead atoms. The molecule has 2 rings (SSSR count). The number of hydrogen-bond acceptors (Lipinski definition) is 1. The molecule has 0 aromatic heterocycles. The summed E-state index contributed by atoms with van der Waals surface area (Å²) in [5.41, 5.74) is -1.64. The maximum Gasteiger partial charge on any atom is 0.314 e. The zero-order valence-corrected chi connectivity index (χ0v) is 8.27. The molecule has 1 aliphatic carbocycles. The Morgan fingerprint density at radius 3 is 2.12 bits per heavy atom. The minimum Gasteiger partial charge on any atom is -0.481 e. The lowest BCUT2D eigenvalue weighted by atomic mass is 9.64. The quantitative estimate of drug-likeness (QED) is 0.793. The molecule has 1 N–H and O–H groups in total. The van der Waals surface area contributed by atoms with Crippen LogP contribution in [0.15, 0.2) is 12.1 Å². The molecule has 1 saturated carbocycles. The molecular weight excluding hydrogens is 221 g/mol. The molecule has 1 aromatic rings. The van der Waals surface area contributed by atoms with Crippen LogP contribution in [0.4, 0.5) is 13.2 Å². The Balaban J connectivity index is 2.55. The molecule has 1 aliphatic rings. The van der Waals surface area contributed by atoms with Crippen LogP contribution in [-0.2, 0) is 10.2 Å². The topological polar surface area (TPSA) is 37.3 Å². The number of carbonyl (C=O) groups is 1. The molecule has 0 amide bonds.